The van der Waals surface area contributed by atoms with Gasteiger partial charge in [0, 0.05) is 24.5 Å². The molecule has 17 heavy (non-hydrogen) atoms. The van der Waals surface area contributed by atoms with Gasteiger partial charge in [0.15, 0.2) is 0 Å². The smallest absolute Gasteiger partial charge is 0.227 e. The number of imidazole rings is 1. The van der Waals surface area contributed by atoms with Crippen molar-refractivity contribution in [3.05, 3.63) is 47.2 Å². The topological polar surface area (TPSA) is 52.0 Å². The number of sulfone groups is 1. The third kappa shape index (κ3) is 2.50. The summed E-state index contributed by atoms with van der Waals surface area (Å²) in [7, 11) is -1.81. The van der Waals surface area contributed by atoms with Gasteiger partial charge in [0.05, 0.1) is 5.75 Å². The van der Waals surface area contributed by atoms with Crippen LogP contribution in [0.15, 0.2) is 41.8 Å². The monoisotopic (exact) mass is 270 g/mol. The van der Waals surface area contributed by atoms with Crippen LogP contribution in [0, 0.1) is 0 Å². The Bertz CT molecular complexity index is 634. The number of nitrogens with zero attached hydrogens (tertiary/aromatic N) is 2. The maximum absolute atomic E-state index is 12.1. The molecule has 0 bridgehead atoms. The van der Waals surface area contributed by atoms with Crippen LogP contribution in [-0.4, -0.2) is 18.0 Å². The van der Waals surface area contributed by atoms with Gasteiger partial charge in [-0.05, 0) is 11.6 Å². The molecule has 0 saturated carbocycles. The van der Waals surface area contributed by atoms with Crippen molar-refractivity contribution in [3.63, 3.8) is 0 Å². The van der Waals surface area contributed by atoms with Gasteiger partial charge in [0.2, 0.25) is 15.0 Å². The Kier molecular flexibility index (Phi) is 3.22. The molecule has 0 amide bonds. The second-order valence-corrected chi connectivity index (χ2v) is 5.96. The van der Waals surface area contributed by atoms with Crippen molar-refractivity contribution in [2.75, 3.05) is 0 Å². The van der Waals surface area contributed by atoms with Gasteiger partial charge in [0.1, 0.15) is 0 Å². The van der Waals surface area contributed by atoms with Gasteiger partial charge in [-0.1, -0.05) is 29.8 Å². The van der Waals surface area contributed by atoms with E-state index < -0.39 is 9.84 Å². The van der Waals surface area contributed by atoms with Crippen molar-refractivity contribution in [1.29, 1.82) is 0 Å². The number of hydrogen-bond donors (Lipinski definition) is 0. The first-order chi connectivity index (χ1) is 8.00. The summed E-state index contributed by atoms with van der Waals surface area (Å²) in [6.07, 6.45) is 3.05. The summed E-state index contributed by atoms with van der Waals surface area (Å²) in [5.41, 5.74) is 0.581. The molecule has 2 aromatic rings. The van der Waals surface area contributed by atoms with E-state index in [9.17, 15) is 8.42 Å². The first kappa shape index (κ1) is 12.1. The number of halogens is 1. The molecule has 0 aliphatic heterocycles. The molecule has 0 radical (unpaired) electrons. The highest BCUT2D eigenvalue weighted by Crippen LogP contribution is 2.20. The van der Waals surface area contributed by atoms with E-state index in [2.05, 4.69) is 4.98 Å². The Balaban J connectivity index is 2.37. The fraction of sp³-hybridized carbons (Fsp3) is 0.182. The van der Waals surface area contributed by atoms with Crippen LogP contribution < -0.4 is 0 Å². The maximum Gasteiger partial charge on any atom is 0.227 e. The lowest BCUT2D eigenvalue weighted by atomic mass is 10.2. The number of aromatic nitrogens is 2. The summed E-state index contributed by atoms with van der Waals surface area (Å²) in [6.45, 7) is 0. The molecule has 0 unspecified atom stereocenters. The second kappa shape index (κ2) is 4.50. The summed E-state index contributed by atoms with van der Waals surface area (Å²) in [4.78, 5) is 3.85. The predicted molar refractivity (Wildman–Crippen MR) is 65.5 cm³/mol. The molecule has 1 aromatic heterocycles. The van der Waals surface area contributed by atoms with Crippen LogP contribution in [0.2, 0.25) is 5.02 Å². The molecular formula is C11H11ClN2O2S. The van der Waals surface area contributed by atoms with Crippen molar-refractivity contribution in [2.24, 2.45) is 7.05 Å². The van der Waals surface area contributed by atoms with Crippen LogP contribution in [-0.2, 0) is 22.6 Å². The van der Waals surface area contributed by atoms with Crippen LogP contribution in [0.5, 0.6) is 0 Å². The largest absolute Gasteiger partial charge is 0.325 e. The van der Waals surface area contributed by atoms with Gasteiger partial charge in [0.25, 0.3) is 0 Å². The Labute approximate surface area is 105 Å². The maximum atomic E-state index is 12.1. The zero-order valence-corrected chi connectivity index (χ0v) is 10.7. The normalized spacial score (nSPS) is 11.6. The fourth-order valence-corrected chi connectivity index (χ4v) is 3.33. The molecule has 0 fully saturated rings. The van der Waals surface area contributed by atoms with Crippen LogP contribution in [0.4, 0.5) is 0 Å². The average Bonchev–Trinajstić information content (AvgIpc) is 2.68. The van der Waals surface area contributed by atoms with E-state index in [0.717, 1.165) is 0 Å². The molecular weight excluding hydrogens is 260 g/mol. The first-order valence-corrected chi connectivity index (χ1v) is 6.97. The van der Waals surface area contributed by atoms with Crippen LogP contribution in [0.25, 0.3) is 0 Å². The van der Waals surface area contributed by atoms with Crippen LogP contribution in [0.3, 0.4) is 0 Å². The Hall–Kier alpha value is -1.33. The minimum atomic E-state index is -3.46. The zero-order valence-electron chi connectivity index (χ0n) is 9.17. The van der Waals surface area contributed by atoms with E-state index in [-0.39, 0.29) is 10.9 Å². The highest BCUT2D eigenvalue weighted by Gasteiger charge is 2.20. The zero-order chi connectivity index (χ0) is 12.5. The van der Waals surface area contributed by atoms with E-state index in [0.29, 0.717) is 10.6 Å². The second-order valence-electron chi connectivity index (χ2n) is 3.67. The number of benzene rings is 1. The standard InChI is InChI=1S/C11H11ClN2O2S/c1-14-7-6-13-11(14)17(15,16)8-9-4-2-3-5-10(9)12/h2-7H,8H2,1H3. The molecule has 2 rings (SSSR count). The van der Waals surface area contributed by atoms with Gasteiger partial charge in [-0.15, -0.1) is 0 Å². The molecule has 0 saturated heterocycles. The predicted octanol–water partition coefficient (Wildman–Crippen LogP) is 2.05. The van der Waals surface area contributed by atoms with Crippen molar-refractivity contribution in [3.8, 4) is 0 Å². The molecule has 0 atom stereocenters. The van der Waals surface area contributed by atoms with Gasteiger partial charge in [-0.3, -0.25) is 0 Å². The van der Waals surface area contributed by atoms with Gasteiger partial charge < -0.3 is 4.57 Å². The minimum absolute atomic E-state index is 0.0532. The average molecular weight is 271 g/mol. The lowest BCUT2D eigenvalue weighted by Gasteiger charge is -2.05. The molecule has 6 heteroatoms. The molecule has 1 heterocycles. The summed E-state index contributed by atoms with van der Waals surface area (Å²) >= 11 is 5.94. The molecule has 0 aliphatic carbocycles. The molecule has 90 valence electrons. The minimum Gasteiger partial charge on any atom is -0.325 e. The van der Waals surface area contributed by atoms with E-state index in [1.165, 1.54) is 10.8 Å². The summed E-state index contributed by atoms with van der Waals surface area (Å²) in [5, 5.41) is 0.503. The molecule has 0 spiro atoms. The molecule has 0 aliphatic rings. The molecule has 0 N–H and O–H groups in total. The summed E-state index contributed by atoms with van der Waals surface area (Å²) < 4.78 is 25.7. The lowest BCUT2D eigenvalue weighted by molar-refractivity contribution is 0.578. The van der Waals surface area contributed by atoms with Gasteiger partial charge >= 0.3 is 0 Å². The molecule has 1 aromatic carbocycles. The Morgan fingerprint density at radius 1 is 1.35 bits per heavy atom. The third-order valence-corrected chi connectivity index (χ3v) is 4.37. The third-order valence-electron chi connectivity index (χ3n) is 2.36. The van der Waals surface area contributed by atoms with E-state index in [1.54, 1.807) is 37.5 Å². The van der Waals surface area contributed by atoms with Crippen molar-refractivity contribution >= 4 is 21.4 Å². The van der Waals surface area contributed by atoms with Gasteiger partial charge in [-0.2, -0.15) is 0 Å². The van der Waals surface area contributed by atoms with Crippen LogP contribution in [0.1, 0.15) is 5.56 Å². The van der Waals surface area contributed by atoms with E-state index >= 15 is 0 Å². The van der Waals surface area contributed by atoms with E-state index in [4.69, 9.17) is 11.6 Å². The van der Waals surface area contributed by atoms with Crippen LogP contribution >= 0.6 is 11.6 Å². The summed E-state index contributed by atoms with van der Waals surface area (Å²) in [6, 6.07) is 6.89. The lowest BCUT2D eigenvalue weighted by Crippen LogP contribution is -2.11. The summed E-state index contributed by atoms with van der Waals surface area (Å²) in [5.74, 6) is -0.141. The quantitative estimate of drug-likeness (QED) is 0.858. The fourth-order valence-electron chi connectivity index (χ4n) is 1.54. The van der Waals surface area contributed by atoms with E-state index in [1.807, 2.05) is 0 Å². The molecule has 4 nitrogen and oxygen atoms in total. The number of aryl methyl sites for hydroxylation is 1. The SMILES string of the molecule is Cn1ccnc1S(=O)(=O)Cc1ccccc1Cl. The Morgan fingerprint density at radius 2 is 2.06 bits per heavy atom. The van der Waals surface area contributed by atoms with Crippen molar-refractivity contribution < 1.29 is 8.42 Å². The number of rotatable bonds is 3. The first-order valence-electron chi connectivity index (χ1n) is 4.94. The highest BCUT2D eigenvalue weighted by molar-refractivity contribution is 7.90. The Morgan fingerprint density at radius 3 is 2.65 bits per heavy atom. The number of hydrogen-bond acceptors (Lipinski definition) is 3. The van der Waals surface area contributed by atoms with Gasteiger partial charge in [-0.25, -0.2) is 13.4 Å². The van der Waals surface area contributed by atoms with Crippen molar-refractivity contribution in [2.45, 2.75) is 10.9 Å². The van der Waals surface area contributed by atoms with Crippen molar-refractivity contribution in [1.82, 2.24) is 9.55 Å². The highest BCUT2D eigenvalue weighted by atomic mass is 35.5.